The Morgan fingerprint density at radius 3 is 2.56 bits per heavy atom. The molecule has 2 amide bonds. The van der Waals surface area contributed by atoms with Gasteiger partial charge in [0.1, 0.15) is 0 Å². The molecule has 4 heterocycles. The Kier molecular flexibility index (Phi) is 6.99. The Balaban J connectivity index is 1.53. The first kappa shape index (κ1) is 28.1. The van der Waals surface area contributed by atoms with Gasteiger partial charge in [-0.2, -0.15) is 18.3 Å². The number of carbonyl (C=O) groups excluding carboxylic acids is 2. The van der Waals surface area contributed by atoms with Crippen LogP contribution in [0.4, 0.5) is 18.9 Å². The number of rotatable bonds is 6. The molecule has 3 aromatic heterocycles. The lowest BCUT2D eigenvalue weighted by Crippen LogP contribution is -2.38. The molecule has 0 spiro atoms. The highest BCUT2D eigenvalue weighted by atomic mass is 19.4. The molecular formula is C31H28F3N7O2. The predicted octanol–water partition coefficient (Wildman–Crippen LogP) is 5.02. The number of pyridine rings is 1. The Hall–Kier alpha value is -5.00. The summed E-state index contributed by atoms with van der Waals surface area (Å²) in [6.45, 7) is 2.51. The molecule has 1 aliphatic rings. The standard InChI is InChI=1S/C31H28F3N7O2/c1-4-18-11-23-26(5-7-37-27(23)24(12-18)29(42)35-2)41-9-6-20-21(25-16-39(3)38-28(25)31(32,33)34)13-19(14-22(20)30(41)43)15-40-10-8-36-17-40/h5,7-8,10-14,16-17H,4,6,9,15H2,1-3H3,(H,35,42). The largest absolute Gasteiger partial charge is 0.435 e. The van der Waals surface area contributed by atoms with Crippen molar-refractivity contribution < 1.29 is 22.8 Å². The van der Waals surface area contributed by atoms with Gasteiger partial charge in [0.05, 0.1) is 23.1 Å². The summed E-state index contributed by atoms with van der Waals surface area (Å²) in [5, 5.41) is 7.02. The zero-order valence-corrected chi connectivity index (χ0v) is 23.7. The maximum absolute atomic E-state index is 14.3. The summed E-state index contributed by atoms with van der Waals surface area (Å²) < 4.78 is 45.1. The average molecular weight is 588 g/mol. The molecule has 220 valence electrons. The van der Waals surface area contributed by atoms with Crippen molar-refractivity contribution in [2.45, 2.75) is 32.5 Å². The summed E-state index contributed by atoms with van der Waals surface area (Å²) in [6.07, 6.45) is 4.18. The van der Waals surface area contributed by atoms with Gasteiger partial charge in [-0.15, -0.1) is 0 Å². The smallest absolute Gasteiger partial charge is 0.355 e. The Bertz CT molecular complexity index is 1880. The topological polar surface area (TPSA) is 97.9 Å². The van der Waals surface area contributed by atoms with E-state index in [4.69, 9.17) is 0 Å². The maximum Gasteiger partial charge on any atom is 0.435 e. The van der Waals surface area contributed by atoms with E-state index in [1.54, 1.807) is 65.7 Å². The molecule has 0 unspecified atom stereocenters. The van der Waals surface area contributed by atoms with Crippen LogP contribution in [0.3, 0.4) is 0 Å². The lowest BCUT2D eigenvalue weighted by atomic mass is 9.87. The van der Waals surface area contributed by atoms with E-state index in [1.165, 1.54) is 13.2 Å². The highest BCUT2D eigenvalue weighted by molar-refractivity contribution is 6.15. The van der Waals surface area contributed by atoms with Gasteiger partial charge in [0.2, 0.25) is 0 Å². The van der Waals surface area contributed by atoms with Gasteiger partial charge in [-0.25, -0.2) is 4.98 Å². The second-order valence-electron chi connectivity index (χ2n) is 10.5. The molecule has 6 rings (SSSR count). The number of aromatic nitrogens is 5. The van der Waals surface area contributed by atoms with Crippen LogP contribution >= 0.6 is 0 Å². The van der Waals surface area contributed by atoms with Crippen molar-refractivity contribution >= 4 is 28.4 Å². The fraction of sp³-hybridized carbons (Fsp3) is 0.258. The van der Waals surface area contributed by atoms with E-state index in [9.17, 15) is 22.8 Å². The van der Waals surface area contributed by atoms with Gasteiger partial charge in [0.25, 0.3) is 11.8 Å². The number of alkyl halides is 3. The summed E-state index contributed by atoms with van der Waals surface area (Å²) in [7, 11) is 2.99. The van der Waals surface area contributed by atoms with Crippen molar-refractivity contribution in [3.8, 4) is 11.1 Å². The molecule has 43 heavy (non-hydrogen) atoms. The van der Waals surface area contributed by atoms with Gasteiger partial charge >= 0.3 is 6.18 Å². The van der Waals surface area contributed by atoms with Crippen molar-refractivity contribution in [2.24, 2.45) is 7.05 Å². The zero-order valence-electron chi connectivity index (χ0n) is 23.7. The van der Waals surface area contributed by atoms with Crippen LogP contribution in [0.15, 0.2) is 61.4 Å². The lowest BCUT2D eigenvalue weighted by molar-refractivity contribution is -0.141. The van der Waals surface area contributed by atoms with Crippen molar-refractivity contribution in [3.63, 3.8) is 0 Å². The van der Waals surface area contributed by atoms with Crippen LogP contribution in [0.25, 0.3) is 22.0 Å². The highest BCUT2D eigenvalue weighted by Crippen LogP contribution is 2.41. The van der Waals surface area contributed by atoms with Gasteiger partial charge < -0.3 is 14.8 Å². The van der Waals surface area contributed by atoms with Gasteiger partial charge in [0.15, 0.2) is 5.69 Å². The number of aryl methyl sites for hydroxylation is 2. The molecule has 2 aromatic carbocycles. The van der Waals surface area contributed by atoms with Crippen molar-refractivity contribution in [3.05, 3.63) is 95.0 Å². The fourth-order valence-electron chi connectivity index (χ4n) is 5.76. The minimum Gasteiger partial charge on any atom is -0.355 e. The van der Waals surface area contributed by atoms with Crippen LogP contribution in [-0.2, 0) is 32.6 Å². The number of carbonyl (C=O) groups is 2. The number of amides is 2. The molecule has 1 N–H and O–H groups in total. The van der Waals surface area contributed by atoms with Crippen LogP contribution in [0.1, 0.15) is 50.0 Å². The monoisotopic (exact) mass is 587 g/mol. The number of hydrogen-bond acceptors (Lipinski definition) is 5. The molecule has 12 heteroatoms. The minimum absolute atomic E-state index is 0.0721. The Morgan fingerprint density at radius 2 is 1.86 bits per heavy atom. The number of fused-ring (bicyclic) bond motifs is 2. The molecule has 0 fully saturated rings. The van der Waals surface area contributed by atoms with E-state index >= 15 is 0 Å². The van der Waals surface area contributed by atoms with E-state index in [0.717, 1.165) is 10.2 Å². The maximum atomic E-state index is 14.3. The first-order valence-electron chi connectivity index (χ1n) is 13.8. The van der Waals surface area contributed by atoms with Crippen LogP contribution in [-0.4, -0.2) is 49.7 Å². The van der Waals surface area contributed by atoms with Crippen LogP contribution < -0.4 is 10.2 Å². The highest BCUT2D eigenvalue weighted by Gasteiger charge is 2.39. The number of nitrogens with zero attached hydrogens (tertiary/aromatic N) is 6. The SMILES string of the molecule is CCc1cc(C(=O)NC)c2nccc(N3CCc4c(cc(Cn5ccnc5)cc4-c4cn(C)nc4C(F)(F)F)C3=O)c2c1. The van der Waals surface area contributed by atoms with E-state index in [2.05, 4.69) is 20.4 Å². The Morgan fingerprint density at radius 1 is 1.07 bits per heavy atom. The zero-order chi connectivity index (χ0) is 30.5. The second kappa shape index (κ2) is 10.7. The molecule has 5 aromatic rings. The summed E-state index contributed by atoms with van der Waals surface area (Å²) in [5.41, 5.74) is 3.12. The molecule has 9 nitrogen and oxygen atoms in total. The average Bonchev–Trinajstić information content (AvgIpc) is 3.65. The van der Waals surface area contributed by atoms with Gasteiger partial charge in [0, 0.05) is 68.5 Å². The lowest BCUT2D eigenvalue weighted by Gasteiger charge is -2.31. The Labute approximate surface area is 245 Å². The van der Waals surface area contributed by atoms with Crippen molar-refractivity contribution in [2.75, 3.05) is 18.5 Å². The number of imidazole rings is 1. The molecular weight excluding hydrogens is 559 g/mol. The van der Waals surface area contributed by atoms with Crippen LogP contribution in [0.2, 0.25) is 0 Å². The first-order chi connectivity index (χ1) is 20.6. The first-order valence-corrected chi connectivity index (χ1v) is 13.8. The molecule has 0 aliphatic carbocycles. The summed E-state index contributed by atoms with van der Waals surface area (Å²) in [6, 6.07) is 8.91. The summed E-state index contributed by atoms with van der Waals surface area (Å²) in [4.78, 5) is 37.2. The van der Waals surface area contributed by atoms with E-state index in [-0.39, 0.29) is 23.9 Å². The second-order valence-corrected chi connectivity index (χ2v) is 10.5. The van der Waals surface area contributed by atoms with Crippen molar-refractivity contribution in [1.29, 1.82) is 0 Å². The van der Waals surface area contributed by atoms with Crippen LogP contribution in [0, 0.1) is 0 Å². The molecule has 0 atom stereocenters. The normalized spacial score (nSPS) is 13.4. The minimum atomic E-state index is -4.68. The third-order valence-corrected chi connectivity index (χ3v) is 7.73. The number of benzene rings is 2. The molecule has 1 aliphatic heterocycles. The number of halogens is 3. The molecule has 0 radical (unpaired) electrons. The summed E-state index contributed by atoms with van der Waals surface area (Å²) in [5.74, 6) is -0.630. The quantitative estimate of drug-likeness (QED) is 0.301. The third kappa shape index (κ3) is 5.02. The van der Waals surface area contributed by atoms with Gasteiger partial charge in [-0.05, 0) is 65.4 Å². The molecule has 0 saturated heterocycles. The molecule has 0 saturated carbocycles. The molecule has 0 bridgehead atoms. The van der Waals surface area contributed by atoms with Crippen LogP contribution in [0.5, 0.6) is 0 Å². The third-order valence-electron chi connectivity index (χ3n) is 7.73. The van der Waals surface area contributed by atoms with E-state index in [0.29, 0.717) is 63.8 Å². The predicted molar refractivity (Wildman–Crippen MR) is 155 cm³/mol. The van der Waals surface area contributed by atoms with E-state index in [1.807, 2.05) is 13.0 Å². The van der Waals surface area contributed by atoms with E-state index < -0.39 is 11.9 Å². The fourth-order valence-corrected chi connectivity index (χ4v) is 5.76. The van der Waals surface area contributed by atoms with Gasteiger partial charge in [-0.3, -0.25) is 19.3 Å². The van der Waals surface area contributed by atoms with Crippen molar-refractivity contribution in [1.82, 2.24) is 29.6 Å². The summed E-state index contributed by atoms with van der Waals surface area (Å²) >= 11 is 0. The number of anilines is 1. The number of nitrogens with one attached hydrogen (secondary N) is 1. The van der Waals surface area contributed by atoms with Gasteiger partial charge in [-0.1, -0.05) is 6.92 Å². The number of hydrogen-bond donors (Lipinski definition) is 1.